The molecule has 2 aromatic rings. The lowest BCUT2D eigenvalue weighted by Gasteiger charge is -2.11. The van der Waals surface area contributed by atoms with E-state index in [4.69, 9.17) is 9.68 Å². The quantitative estimate of drug-likeness (QED) is 0.670. The van der Waals surface area contributed by atoms with Gasteiger partial charge in [0, 0.05) is 12.3 Å². The number of hydrogen-bond donors (Lipinski definition) is 1. The molecule has 0 aliphatic carbocycles. The minimum Gasteiger partial charge on any atom is -0.444 e. The number of aryl methyl sites for hydroxylation is 1. The molecule has 1 unspecified atom stereocenters. The van der Waals surface area contributed by atoms with Gasteiger partial charge in [-0.25, -0.2) is 9.97 Å². The van der Waals surface area contributed by atoms with Crippen molar-refractivity contribution in [3.63, 3.8) is 0 Å². The summed E-state index contributed by atoms with van der Waals surface area (Å²) in [7, 11) is 0. The van der Waals surface area contributed by atoms with Gasteiger partial charge in [0.25, 0.3) is 0 Å². The topological polar surface area (TPSA) is 118 Å². The van der Waals surface area contributed by atoms with E-state index in [2.05, 4.69) is 15.3 Å². The number of hydrogen-bond acceptors (Lipinski definition) is 7. The molecule has 1 N–H and O–H groups in total. The molecule has 2 rings (SSSR count). The summed E-state index contributed by atoms with van der Waals surface area (Å²) in [5, 5.41) is 22.6. The molecule has 0 fully saturated rings. The van der Waals surface area contributed by atoms with E-state index in [1.807, 2.05) is 6.07 Å². The van der Waals surface area contributed by atoms with Crippen molar-refractivity contribution in [3.8, 4) is 6.07 Å². The zero-order valence-electron chi connectivity index (χ0n) is 10.8. The summed E-state index contributed by atoms with van der Waals surface area (Å²) in [5.74, 6) is 1.12. The van der Waals surface area contributed by atoms with Crippen LogP contribution in [0.1, 0.15) is 30.2 Å². The maximum absolute atomic E-state index is 11.0. The zero-order chi connectivity index (χ0) is 14.7. The summed E-state index contributed by atoms with van der Waals surface area (Å²) in [6.07, 6.45) is 2.83. The smallest absolute Gasteiger partial charge is 0.312 e. The number of anilines is 1. The van der Waals surface area contributed by atoms with Crippen molar-refractivity contribution in [1.29, 1.82) is 5.26 Å². The highest BCUT2D eigenvalue weighted by atomic mass is 16.6. The molecule has 0 aliphatic rings. The minimum absolute atomic E-state index is 0.0670. The molecule has 2 aromatic heterocycles. The van der Waals surface area contributed by atoms with E-state index in [0.29, 0.717) is 11.7 Å². The van der Waals surface area contributed by atoms with Gasteiger partial charge in [0.2, 0.25) is 11.7 Å². The average molecular weight is 273 g/mol. The van der Waals surface area contributed by atoms with Gasteiger partial charge in [-0.1, -0.05) is 0 Å². The molecule has 102 valence electrons. The third kappa shape index (κ3) is 2.72. The van der Waals surface area contributed by atoms with E-state index >= 15 is 0 Å². The van der Waals surface area contributed by atoms with Crippen LogP contribution in [0.2, 0.25) is 0 Å². The maximum Gasteiger partial charge on any atom is 0.312 e. The Morgan fingerprint density at radius 2 is 2.25 bits per heavy atom. The van der Waals surface area contributed by atoms with Gasteiger partial charge in [-0.3, -0.25) is 10.1 Å². The van der Waals surface area contributed by atoms with Crippen LogP contribution < -0.4 is 5.32 Å². The number of nitriles is 1. The first-order valence-corrected chi connectivity index (χ1v) is 5.74. The van der Waals surface area contributed by atoms with Crippen molar-refractivity contribution in [2.45, 2.75) is 19.9 Å². The highest BCUT2D eigenvalue weighted by Gasteiger charge is 2.20. The molecule has 8 heteroatoms. The van der Waals surface area contributed by atoms with Gasteiger partial charge in [0.1, 0.15) is 17.9 Å². The molecule has 0 aliphatic heterocycles. The van der Waals surface area contributed by atoms with Gasteiger partial charge in [-0.2, -0.15) is 5.26 Å². The first-order chi connectivity index (χ1) is 9.51. The van der Waals surface area contributed by atoms with E-state index in [0.717, 1.165) is 0 Å². The number of nitro groups is 1. The van der Waals surface area contributed by atoms with Crippen LogP contribution >= 0.6 is 0 Å². The van der Waals surface area contributed by atoms with Gasteiger partial charge in [0.15, 0.2) is 0 Å². The van der Waals surface area contributed by atoms with Gasteiger partial charge >= 0.3 is 5.69 Å². The second-order valence-corrected chi connectivity index (χ2v) is 4.14. The maximum atomic E-state index is 11.0. The number of nitrogens with one attached hydrogen (secondary N) is 1. The Morgan fingerprint density at radius 3 is 2.80 bits per heavy atom. The van der Waals surface area contributed by atoms with Crippen LogP contribution in [0, 0.1) is 28.4 Å². The van der Waals surface area contributed by atoms with Crippen molar-refractivity contribution < 1.29 is 9.34 Å². The normalized spacial score (nSPS) is 11.7. The Bertz CT molecular complexity index is 689. The van der Waals surface area contributed by atoms with Crippen molar-refractivity contribution in [2.75, 3.05) is 5.32 Å². The highest BCUT2D eigenvalue weighted by molar-refractivity contribution is 5.58. The third-order valence-electron chi connectivity index (χ3n) is 2.56. The lowest BCUT2D eigenvalue weighted by molar-refractivity contribution is -0.384. The first-order valence-electron chi connectivity index (χ1n) is 5.74. The molecular formula is C12H11N5O3. The van der Waals surface area contributed by atoms with Crippen molar-refractivity contribution in [1.82, 2.24) is 9.97 Å². The lowest BCUT2D eigenvalue weighted by atomic mass is 10.2. The second kappa shape index (κ2) is 5.36. The molecule has 0 bridgehead atoms. The molecule has 20 heavy (non-hydrogen) atoms. The molecule has 0 aromatic carbocycles. The molecule has 1 atom stereocenters. The Morgan fingerprint density at radius 1 is 1.50 bits per heavy atom. The molecule has 0 saturated carbocycles. The van der Waals surface area contributed by atoms with E-state index in [1.165, 1.54) is 12.3 Å². The molecule has 2 heterocycles. The fourth-order valence-electron chi connectivity index (χ4n) is 1.60. The fraction of sp³-hybridized carbons (Fsp3) is 0.250. The van der Waals surface area contributed by atoms with E-state index in [-0.39, 0.29) is 23.1 Å². The highest BCUT2D eigenvalue weighted by Crippen LogP contribution is 2.26. The Hall–Kier alpha value is -2.95. The number of rotatable bonds is 4. The monoisotopic (exact) mass is 273 g/mol. The van der Waals surface area contributed by atoms with Crippen molar-refractivity contribution >= 4 is 11.5 Å². The number of nitrogens with zero attached hydrogens (tertiary/aromatic N) is 4. The van der Waals surface area contributed by atoms with E-state index in [9.17, 15) is 10.1 Å². The van der Waals surface area contributed by atoms with Crippen LogP contribution in [0.4, 0.5) is 11.5 Å². The zero-order valence-corrected chi connectivity index (χ0v) is 10.8. The molecule has 0 amide bonds. The summed E-state index contributed by atoms with van der Waals surface area (Å²) in [6, 6.07) is 2.60. The van der Waals surface area contributed by atoms with Crippen LogP contribution in [0.3, 0.4) is 0 Å². The SMILES string of the molecule is Cc1cnc(C(C)Nc2ncc(C#N)cc2[N+](=O)[O-])o1. The van der Waals surface area contributed by atoms with E-state index in [1.54, 1.807) is 20.0 Å². The summed E-state index contributed by atoms with van der Waals surface area (Å²) in [6.45, 7) is 3.50. The molecular weight excluding hydrogens is 262 g/mol. The second-order valence-electron chi connectivity index (χ2n) is 4.14. The first kappa shape index (κ1) is 13.5. The molecule has 0 spiro atoms. The van der Waals surface area contributed by atoms with Crippen LogP contribution in [-0.4, -0.2) is 14.9 Å². The summed E-state index contributed by atoms with van der Waals surface area (Å²) in [4.78, 5) is 18.3. The minimum atomic E-state index is -0.594. The lowest BCUT2D eigenvalue weighted by Crippen LogP contribution is -2.10. The average Bonchev–Trinajstić information content (AvgIpc) is 2.85. The predicted octanol–water partition coefficient (Wildman–Crippen LogP) is 2.33. The van der Waals surface area contributed by atoms with Crippen LogP contribution in [0.25, 0.3) is 0 Å². The Labute approximate surface area is 114 Å². The summed E-state index contributed by atoms with van der Waals surface area (Å²) < 4.78 is 5.34. The van der Waals surface area contributed by atoms with Crippen molar-refractivity contribution in [2.24, 2.45) is 0 Å². The number of pyridine rings is 1. The molecule has 0 radical (unpaired) electrons. The fourth-order valence-corrected chi connectivity index (χ4v) is 1.60. The van der Waals surface area contributed by atoms with Crippen molar-refractivity contribution in [3.05, 3.63) is 45.8 Å². The van der Waals surface area contributed by atoms with Crippen LogP contribution in [0.5, 0.6) is 0 Å². The summed E-state index contributed by atoms with van der Waals surface area (Å²) in [5.41, 5.74) is -0.138. The predicted molar refractivity (Wildman–Crippen MR) is 68.9 cm³/mol. The Kier molecular flexibility index (Phi) is 3.61. The van der Waals surface area contributed by atoms with Gasteiger partial charge in [-0.15, -0.1) is 0 Å². The molecule has 0 saturated heterocycles. The standard InChI is InChI=1S/C12H11N5O3/c1-7-5-15-12(20-7)8(2)16-11-10(17(18)19)3-9(4-13)6-14-11/h3,5-6,8H,1-2H3,(H,14,16). The number of aromatic nitrogens is 2. The van der Waals surface area contributed by atoms with Crippen LogP contribution in [-0.2, 0) is 0 Å². The largest absolute Gasteiger partial charge is 0.444 e. The Balaban J connectivity index is 2.29. The summed E-state index contributed by atoms with van der Waals surface area (Å²) >= 11 is 0. The van der Waals surface area contributed by atoms with Gasteiger partial charge in [-0.05, 0) is 13.8 Å². The van der Waals surface area contributed by atoms with Crippen LogP contribution in [0.15, 0.2) is 22.9 Å². The third-order valence-corrected chi connectivity index (χ3v) is 2.56. The number of oxazole rings is 1. The molecule has 8 nitrogen and oxygen atoms in total. The van der Waals surface area contributed by atoms with E-state index < -0.39 is 4.92 Å². The van der Waals surface area contributed by atoms with Gasteiger partial charge < -0.3 is 9.73 Å². The van der Waals surface area contributed by atoms with Gasteiger partial charge in [0.05, 0.1) is 16.7 Å².